The fourth-order valence-electron chi connectivity index (χ4n) is 4.25. The van der Waals surface area contributed by atoms with Crippen LogP contribution < -0.4 is 4.90 Å². The Morgan fingerprint density at radius 3 is 3.00 bits per heavy atom. The molecule has 1 unspecified atom stereocenters. The average molecular weight is 206 g/mol. The Kier molecular flexibility index (Phi) is 2.21. The van der Waals surface area contributed by atoms with Gasteiger partial charge in [-0.1, -0.05) is 12.5 Å². The highest BCUT2D eigenvalue weighted by molar-refractivity contribution is 5.29. The Bertz CT molecular complexity index is 304. The summed E-state index contributed by atoms with van der Waals surface area (Å²) in [6.07, 6.45) is 8.60. The van der Waals surface area contributed by atoms with Gasteiger partial charge in [-0.05, 0) is 38.2 Å². The summed E-state index contributed by atoms with van der Waals surface area (Å²) in [5.41, 5.74) is 4.29. The van der Waals surface area contributed by atoms with Crippen molar-refractivity contribution >= 4 is 0 Å². The van der Waals surface area contributed by atoms with Crippen LogP contribution in [-0.2, 0) is 0 Å². The van der Waals surface area contributed by atoms with Crippen LogP contribution in [0.3, 0.4) is 0 Å². The molecular formula is C14H24N+. The quantitative estimate of drug-likeness (QED) is 0.578. The molecular weight excluding hydrogens is 182 g/mol. The van der Waals surface area contributed by atoms with Gasteiger partial charge in [-0.3, -0.25) is 0 Å². The van der Waals surface area contributed by atoms with Crippen LogP contribution in [0.25, 0.3) is 0 Å². The first-order valence-electron chi connectivity index (χ1n) is 6.77. The summed E-state index contributed by atoms with van der Waals surface area (Å²) in [6.45, 7) is 7.83. The largest absolute Gasteiger partial charge is 0.326 e. The van der Waals surface area contributed by atoms with E-state index in [1.807, 2.05) is 16.0 Å². The smallest absolute Gasteiger partial charge is 0.117 e. The van der Waals surface area contributed by atoms with E-state index in [1.54, 1.807) is 0 Å². The van der Waals surface area contributed by atoms with Crippen molar-refractivity contribution in [2.75, 3.05) is 13.1 Å². The number of quaternary nitrogens is 1. The maximum absolute atomic E-state index is 2.55. The lowest BCUT2D eigenvalue weighted by Gasteiger charge is -2.48. The summed E-state index contributed by atoms with van der Waals surface area (Å²) in [4.78, 5) is 1.90. The summed E-state index contributed by atoms with van der Waals surface area (Å²) >= 11 is 0. The second-order valence-corrected chi connectivity index (χ2v) is 6.22. The Labute approximate surface area is 93.5 Å². The molecule has 84 valence electrons. The third-order valence-electron chi connectivity index (χ3n) is 5.24. The molecule has 1 heteroatoms. The van der Waals surface area contributed by atoms with Gasteiger partial charge >= 0.3 is 0 Å². The number of hydrogen-bond donors (Lipinski definition) is 1. The SMILES string of the molecule is C[C@H]1CC[C@]2(C)C3=C(CCC3)CC[NH+]2C1. The van der Waals surface area contributed by atoms with Crippen LogP contribution in [0.5, 0.6) is 0 Å². The maximum atomic E-state index is 2.55. The van der Waals surface area contributed by atoms with Gasteiger partial charge in [0.2, 0.25) is 0 Å². The van der Waals surface area contributed by atoms with Crippen LogP contribution in [0.2, 0.25) is 0 Å². The van der Waals surface area contributed by atoms with Crippen LogP contribution in [-0.4, -0.2) is 18.6 Å². The second-order valence-electron chi connectivity index (χ2n) is 6.22. The van der Waals surface area contributed by atoms with Crippen LogP contribution >= 0.6 is 0 Å². The molecule has 3 atom stereocenters. The lowest BCUT2D eigenvalue weighted by atomic mass is 9.75. The van der Waals surface area contributed by atoms with Gasteiger partial charge < -0.3 is 4.90 Å². The highest BCUT2D eigenvalue weighted by atomic mass is 15.2. The van der Waals surface area contributed by atoms with Gasteiger partial charge in [0.05, 0.1) is 13.1 Å². The number of fused-ring (bicyclic) bond motifs is 2. The van der Waals surface area contributed by atoms with Crippen molar-refractivity contribution in [1.29, 1.82) is 0 Å². The summed E-state index contributed by atoms with van der Waals surface area (Å²) in [7, 11) is 0. The Balaban J connectivity index is 1.94. The summed E-state index contributed by atoms with van der Waals surface area (Å²) in [5.74, 6) is 0.955. The van der Waals surface area contributed by atoms with E-state index in [0.717, 1.165) is 5.92 Å². The summed E-state index contributed by atoms with van der Waals surface area (Å²) in [5, 5.41) is 0. The van der Waals surface area contributed by atoms with Crippen molar-refractivity contribution in [3.05, 3.63) is 11.1 Å². The third kappa shape index (κ3) is 1.39. The number of nitrogens with one attached hydrogen (secondary N) is 1. The lowest BCUT2D eigenvalue weighted by molar-refractivity contribution is -0.955. The Hall–Kier alpha value is -0.300. The number of rotatable bonds is 0. The first-order valence-corrected chi connectivity index (χ1v) is 6.77. The normalized spacial score (nSPS) is 45.2. The standard InChI is InChI=1S/C14H23N/c1-11-6-8-14(2)13-5-3-4-12(13)7-9-15(14)10-11/h11H,3-10H2,1-2H3/p+1/t11-,14+/m0/s1. The molecule has 1 N–H and O–H groups in total. The molecule has 1 fully saturated rings. The highest BCUT2D eigenvalue weighted by Gasteiger charge is 2.47. The van der Waals surface area contributed by atoms with E-state index in [4.69, 9.17) is 0 Å². The number of piperidine rings is 1. The summed E-state index contributed by atoms with van der Waals surface area (Å²) in [6, 6.07) is 0. The maximum Gasteiger partial charge on any atom is 0.117 e. The van der Waals surface area contributed by atoms with Crippen LogP contribution in [0.4, 0.5) is 0 Å². The molecule has 2 aliphatic heterocycles. The van der Waals surface area contributed by atoms with E-state index < -0.39 is 0 Å². The van der Waals surface area contributed by atoms with E-state index in [9.17, 15) is 0 Å². The van der Waals surface area contributed by atoms with E-state index >= 15 is 0 Å². The van der Waals surface area contributed by atoms with Crippen molar-refractivity contribution in [3.8, 4) is 0 Å². The first-order chi connectivity index (χ1) is 7.20. The zero-order valence-electron chi connectivity index (χ0n) is 10.2. The van der Waals surface area contributed by atoms with Crippen LogP contribution in [0, 0.1) is 5.92 Å². The fraction of sp³-hybridized carbons (Fsp3) is 0.857. The van der Waals surface area contributed by atoms with E-state index in [1.165, 1.54) is 51.6 Å². The van der Waals surface area contributed by atoms with Crippen LogP contribution in [0.15, 0.2) is 11.1 Å². The fourth-order valence-corrected chi connectivity index (χ4v) is 4.25. The van der Waals surface area contributed by atoms with Crippen molar-refractivity contribution in [2.24, 2.45) is 5.92 Å². The molecule has 1 nitrogen and oxygen atoms in total. The molecule has 3 rings (SSSR count). The molecule has 1 saturated heterocycles. The van der Waals surface area contributed by atoms with Gasteiger partial charge in [0.25, 0.3) is 0 Å². The molecule has 0 aromatic rings. The van der Waals surface area contributed by atoms with Crippen molar-refractivity contribution in [3.63, 3.8) is 0 Å². The van der Waals surface area contributed by atoms with Crippen molar-refractivity contribution in [2.45, 2.75) is 57.9 Å². The predicted molar refractivity (Wildman–Crippen MR) is 63.0 cm³/mol. The Morgan fingerprint density at radius 2 is 2.13 bits per heavy atom. The van der Waals surface area contributed by atoms with E-state index in [2.05, 4.69) is 13.8 Å². The molecule has 0 amide bonds. The monoisotopic (exact) mass is 206 g/mol. The molecule has 0 bridgehead atoms. The molecule has 15 heavy (non-hydrogen) atoms. The minimum atomic E-state index is 0.552. The minimum absolute atomic E-state index is 0.552. The van der Waals surface area contributed by atoms with Crippen molar-refractivity contribution < 1.29 is 4.90 Å². The van der Waals surface area contributed by atoms with Gasteiger partial charge in [-0.15, -0.1) is 0 Å². The minimum Gasteiger partial charge on any atom is -0.326 e. The average Bonchev–Trinajstić information content (AvgIpc) is 2.68. The number of hydrogen-bond acceptors (Lipinski definition) is 0. The predicted octanol–water partition coefficient (Wildman–Crippen LogP) is 1.94. The van der Waals surface area contributed by atoms with Gasteiger partial charge in [-0.2, -0.15) is 0 Å². The van der Waals surface area contributed by atoms with Crippen LogP contribution in [0.1, 0.15) is 52.4 Å². The molecule has 0 aromatic heterocycles. The van der Waals surface area contributed by atoms with Gasteiger partial charge in [0.15, 0.2) is 0 Å². The van der Waals surface area contributed by atoms with E-state index in [-0.39, 0.29) is 0 Å². The zero-order chi connectivity index (χ0) is 10.5. The molecule has 2 heterocycles. The van der Waals surface area contributed by atoms with E-state index in [0.29, 0.717) is 5.54 Å². The van der Waals surface area contributed by atoms with Gasteiger partial charge in [0.1, 0.15) is 5.54 Å². The second kappa shape index (κ2) is 3.35. The Morgan fingerprint density at radius 1 is 1.27 bits per heavy atom. The zero-order valence-corrected chi connectivity index (χ0v) is 10.2. The molecule has 0 aromatic carbocycles. The lowest BCUT2D eigenvalue weighted by Crippen LogP contribution is -3.22. The van der Waals surface area contributed by atoms with Gasteiger partial charge in [0, 0.05) is 18.8 Å². The van der Waals surface area contributed by atoms with Gasteiger partial charge in [-0.25, -0.2) is 0 Å². The molecule has 1 aliphatic carbocycles. The van der Waals surface area contributed by atoms with Crippen molar-refractivity contribution in [1.82, 2.24) is 0 Å². The summed E-state index contributed by atoms with van der Waals surface area (Å²) < 4.78 is 0. The molecule has 0 radical (unpaired) electrons. The molecule has 0 spiro atoms. The molecule has 3 aliphatic rings. The highest BCUT2D eigenvalue weighted by Crippen LogP contribution is 2.39. The third-order valence-corrected chi connectivity index (χ3v) is 5.24. The topological polar surface area (TPSA) is 4.44 Å². The first kappa shape index (κ1) is 9.89. The molecule has 0 saturated carbocycles.